The lowest BCUT2D eigenvalue weighted by Crippen LogP contribution is -2.06. The number of benzene rings is 4. The molecule has 1 aliphatic rings. The van der Waals surface area contributed by atoms with Crippen molar-refractivity contribution in [1.29, 1.82) is 0 Å². The van der Waals surface area contributed by atoms with Gasteiger partial charge in [0, 0.05) is 26.8 Å². The summed E-state index contributed by atoms with van der Waals surface area (Å²) in [6.07, 6.45) is 4.90. The van der Waals surface area contributed by atoms with Crippen molar-refractivity contribution >= 4 is 43.2 Å². The highest BCUT2D eigenvalue weighted by atomic mass is 32.1. The molecule has 0 atom stereocenters. The van der Waals surface area contributed by atoms with E-state index in [1.54, 1.807) is 10.4 Å². The first-order valence-electron chi connectivity index (χ1n) is 13.2. The van der Waals surface area contributed by atoms with Gasteiger partial charge in [0.1, 0.15) is 0 Å². The second-order valence-corrected chi connectivity index (χ2v) is 11.0. The smallest absolute Gasteiger partial charge is 0.238 e. The van der Waals surface area contributed by atoms with Gasteiger partial charge < -0.3 is 0 Å². The van der Waals surface area contributed by atoms with Crippen LogP contribution in [-0.4, -0.2) is 19.5 Å². The van der Waals surface area contributed by atoms with Gasteiger partial charge in [-0.05, 0) is 42.7 Å². The largest absolute Gasteiger partial charge is 0.276 e. The minimum atomic E-state index is 0.655. The number of hydrogen-bond acceptors (Lipinski definition) is 4. The van der Waals surface area contributed by atoms with Gasteiger partial charge in [-0.15, -0.1) is 11.3 Å². The molecule has 0 spiro atoms. The van der Waals surface area contributed by atoms with Crippen LogP contribution in [0.1, 0.15) is 23.3 Å². The Labute approximate surface area is 224 Å². The minimum absolute atomic E-state index is 0.655. The van der Waals surface area contributed by atoms with Crippen LogP contribution in [0.4, 0.5) is 0 Å². The van der Waals surface area contributed by atoms with Crippen molar-refractivity contribution in [2.24, 2.45) is 0 Å². The van der Waals surface area contributed by atoms with Gasteiger partial charge in [0.25, 0.3) is 0 Å². The molecule has 8 rings (SSSR count). The lowest BCUT2D eigenvalue weighted by Gasteiger charge is -2.11. The Morgan fingerprint density at radius 2 is 1.21 bits per heavy atom. The maximum atomic E-state index is 5.11. The van der Waals surface area contributed by atoms with Crippen molar-refractivity contribution in [3.63, 3.8) is 0 Å². The number of rotatable bonds is 3. The molecule has 3 heterocycles. The van der Waals surface area contributed by atoms with Gasteiger partial charge in [0.05, 0.1) is 15.7 Å². The van der Waals surface area contributed by atoms with Crippen molar-refractivity contribution in [2.45, 2.75) is 25.7 Å². The zero-order chi connectivity index (χ0) is 25.1. The number of nitrogens with zero attached hydrogens (tertiary/aromatic N) is 4. The van der Waals surface area contributed by atoms with Gasteiger partial charge >= 0.3 is 0 Å². The summed E-state index contributed by atoms with van der Waals surface area (Å²) >= 11 is 1.96. The maximum absolute atomic E-state index is 5.11. The van der Waals surface area contributed by atoms with Crippen molar-refractivity contribution in [3.05, 3.63) is 108 Å². The lowest BCUT2D eigenvalue weighted by molar-refractivity contribution is 0.700. The Balaban J connectivity index is 1.50. The molecule has 38 heavy (non-hydrogen) atoms. The van der Waals surface area contributed by atoms with Gasteiger partial charge in [-0.25, -0.2) is 4.98 Å². The number of fused-ring (bicyclic) bond motifs is 7. The first kappa shape index (κ1) is 21.7. The van der Waals surface area contributed by atoms with Crippen LogP contribution < -0.4 is 0 Å². The molecule has 182 valence electrons. The summed E-state index contributed by atoms with van der Waals surface area (Å²) < 4.78 is 3.61. The second kappa shape index (κ2) is 8.61. The maximum Gasteiger partial charge on any atom is 0.238 e. The summed E-state index contributed by atoms with van der Waals surface area (Å²) in [6.45, 7) is 0. The van der Waals surface area contributed by atoms with Gasteiger partial charge in [0.15, 0.2) is 11.6 Å². The molecule has 0 fully saturated rings. The molecule has 1 aliphatic carbocycles. The summed E-state index contributed by atoms with van der Waals surface area (Å²) in [5.74, 6) is 2.01. The Morgan fingerprint density at radius 3 is 1.95 bits per heavy atom. The molecule has 0 saturated heterocycles. The fraction of sp³-hybridized carbons (Fsp3) is 0.121. The Kier molecular flexibility index (Phi) is 4.92. The zero-order valence-electron chi connectivity index (χ0n) is 20.8. The van der Waals surface area contributed by atoms with E-state index in [1.807, 2.05) is 47.7 Å². The highest BCUT2D eigenvalue weighted by molar-refractivity contribution is 7.20. The second-order valence-electron chi connectivity index (χ2n) is 9.92. The van der Waals surface area contributed by atoms with Crippen LogP contribution in [0.15, 0.2) is 97.1 Å². The van der Waals surface area contributed by atoms with E-state index in [0.717, 1.165) is 16.6 Å². The van der Waals surface area contributed by atoms with Crippen LogP contribution in [0.3, 0.4) is 0 Å². The summed E-state index contributed by atoms with van der Waals surface area (Å²) in [7, 11) is 0. The van der Waals surface area contributed by atoms with Crippen LogP contribution in [-0.2, 0) is 12.8 Å². The van der Waals surface area contributed by atoms with Crippen molar-refractivity contribution in [1.82, 2.24) is 19.5 Å². The van der Waals surface area contributed by atoms with Crippen LogP contribution in [0, 0.1) is 0 Å². The van der Waals surface area contributed by atoms with E-state index in [2.05, 4.69) is 65.2 Å². The van der Waals surface area contributed by atoms with Crippen molar-refractivity contribution < 1.29 is 0 Å². The topological polar surface area (TPSA) is 43.6 Å². The number of hydrogen-bond donors (Lipinski definition) is 0. The summed E-state index contributed by atoms with van der Waals surface area (Å²) in [4.78, 5) is 16.7. The standard InChI is InChI=1S/C33H24N4S/c1-3-11-21(12-4-1)31-34-32(22-13-5-2-6-14-22)36-33(35-31)37-27-17-9-7-15-23(27)25-19-20-26-24-16-8-10-18-28(24)38-30(26)29(25)37/h1-7,9,11-15,17,19-20H,8,10,16,18H2. The minimum Gasteiger partial charge on any atom is -0.276 e. The van der Waals surface area contributed by atoms with E-state index in [-0.39, 0.29) is 0 Å². The zero-order valence-corrected chi connectivity index (χ0v) is 21.6. The molecule has 3 aromatic heterocycles. The fourth-order valence-electron chi connectivity index (χ4n) is 5.87. The average molecular weight is 509 g/mol. The third-order valence-electron chi connectivity index (χ3n) is 7.65. The number of para-hydroxylation sites is 1. The van der Waals surface area contributed by atoms with Crippen LogP contribution in [0.2, 0.25) is 0 Å². The van der Waals surface area contributed by atoms with Gasteiger partial charge in [-0.1, -0.05) is 91.0 Å². The van der Waals surface area contributed by atoms with Crippen LogP contribution in [0.5, 0.6) is 0 Å². The van der Waals surface area contributed by atoms with E-state index in [4.69, 9.17) is 15.0 Å². The molecule has 4 aromatic carbocycles. The molecular weight excluding hydrogens is 484 g/mol. The quantitative estimate of drug-likeness (QED) is 0.241. The Hall–Kier alpha value is -4.35. The van der Waals surface area contributed by atoms with Gasteiger partial charge in [-0.3, -0.25) is 4.57 Å². The number of thiophene rings is 1. The van der Waals surface area contributed by atoms with Gasteiger partial charge in [-0.2, -0.15) is 9.97 Å². The predicted molar refractivity (Wildman–Crippen MR) is 157 cm³/mol. The highest BCUT2D eigenvalue weighted by Crippen LogP contribution is 2.43. The molecule has 7 aromatic rings. The number of aryl methyl sites for hydroxylation is 2. The molecular formula is C33H24N4S. The van der Waals surface area contributed by atoms with E-state index >= 15 is 0 Å². The fourth-order valence-corrected chi connectivity index (χ4v) is 7.30. The SMILES string of the molecule is c1ccc(-c2nc(-c3ccccc3)nc(-n3c4ccccc4c4ccc5c6c(sc5c43)CCCC6)n2)cc1. The first-order valence-corrected chi connectivity index (χ1v) is 14.0. The third kappa shape index (κ3) is 3.32. The summed E-state index contributed by atoms with van der Waals surface area (Å²) in [5, 5.41) is 3.86. The van der Waals surface area contributed by atoms with Crippen molar-refractivity contribution in [3.8, 4) is 28.7 Å². The Bertz CT molecular complexity index is 1910. The average Bonchev–Trinajstić information content (AvgIpc) is 3.54. The van der Waals surface area contributed by atoms with Crippen LogP contribution >= 0.6 is 11.3 Å². The molecule has 0 bridgehead atoms. The van der Waals surface area contributed by atoms with Gasteiger partial charge in [0.2, 0.25) is 5.95 Å². The van der Waals surface area contributed by atoms with E-state index in [1.165, 1.54) is 52.1 Å². The molecule has 0 radical (unpaired) electrons. The molecule has 0 unspecified atom stereocenters. The van der Waals surface area contributed by atoms with E-state index in [9.17, 15) is 0 Å². The molecule has 0 amide bonds. The summed E-state index contributed by atoms with van der Waals surface area (Å²) in [6, 6.07) is 33.7. The molecule has 0 saturated carbocycles. The number of aromatic nitrogens is 4. The summed E-state index contributed by atoms with van der Waals surface area (Å²) in [5.41, 5.74) is 5.81. The third-order valence-corrected chi connectivity index (χ3v) is 8.96. The first-order chi connectivity index (χ1) is 18.8. The monoisotopic (exact) mass is 508 g/mol. The van der Waals surface area contributed by atoms with Crippen LogP contribution in [0.25, 0.3) is 60.6 Å². The highest BCUT2D eigenvalue weighted by Gasteiger charge is 2.23. The van der Waals surface area contributed by atoms with E-state index < -0.39 is 0 Å². The lowest BCUT2D eigenvalue weighted by atomic mass is 9.96. The molecule has 4 nitrogen and oxygen atoms in total. The molecule has 0 N–H and O–H groups in total. The Morgan fingerprint density at radius 1 is 0.579 bits per heavy atom. The molecule has 5 heteroatoms. The normalized spacial score (nSPS) is 13.4. The predicted octanol–water partition coefficient (Wildman–Crippen LogP) is 8.40. The molecule has 0 aliphatic heterocycles. The van der Waals surface area contributed by atoms with Crippen molar-refractivity contribution in [2.75, 3.05) is 0 Å². The van der Waals surface area contributed by atoms with E-state index in [0.29, 0.717) is 17.6 Å².